The van der Waals surface area contributed by atoms with Crippen molar-refractivity contribution < 1.29 is 23.9 Å². The fourth-order valence-electron chi connectivity index (χ4n) is 5.78. The summed E-state index contributed by atoms with van der Waals surface area (Å²) in [6.45, 7) is 8.90. The molecule has 2 aliphatic heterocycles. The maximum Gasteiger partial charge on any atom is 0.408 e. The number of para-hydroxylation sites is 1. The SMILES string of the molecule is CC(C)OC(=O)N[C@H](C(=O)N(C)[C@@H](Cc1ccccc1)C(=O)N1C[C@]2(C[C@H]1C#N)C(=O)Nc1ccccc12)C(C)(C)C. The summed E-state index contributed by atoms with van der Waals surface area (Å²) in [7, 11) is 1.53. The van der Waals surface area contributed by atoms with Crippen LogP contribution in [0.5, 0.6) is 0 Å². The van der Waals surface area contributed by atoms with Crippen molar-refractivity contribution in [3.05, 3.63) is 65.7 Å². The average molecular weight is 574 g/mol. The zero-order chi connectivity index (χ0) is 30.8. The lowest BCUT2D eigenvalue weighted by Crippen LogP contribution is -2.59. The third-order valence-electron chi connectivity index (χ3n) is 8.01. The van der Waals surface area contributed by atoms with Crippen LogP contribution in [-0.2, 0) is 31.0 Å². The summed E-state index contributed by atoms with van der Waals surface area (Å²) in [4.78, 5) is 57.1. The van der Waals surface area contributed by atoms with E-state index in [1.54, 1.807) is 13.8 Å². The van der Waals surface area contributed by atoms with Gasteiger partial charge in [0.2, 0.25) is 17.7 Å². The molecule has 2 N–H and O–H groups in total. The molecule has 1 fully saturated rings. The van der Waals surface area contributed by atoms with Crippen LogP contribution in [0, 0.1) is 16.7 Å². The van der Waals surface area contributed by atoms with Crippen LogP contribution in [0.3, 0.4) is 0 Å². The number of anilines is 1. The van der Waals surface area contributed by atoms with Gasteiger partial charge < -0.3 is 25.2 Å². The molecule has 4 rings (SSSR count). The highest BCUT2D eigenvalue weighted by molar-refractivity contribution is 6.07. The van der Waals surface area contributed by atoms with Gasteiger partial charge in [-0.1, -0.05) is 69.3 Å². The van der Waals surface area contributed by atoms with Crippen molar-refractivity contribution in [1.29, 1.82) is 5.26 Å². The molecule has 10 nitrogen and oxygen atoms in total. The van der Waals surface area contributed by atoms with E-state index in [1.165, 1.54) is 16.8 Å². The predicted octanol–water partition coefficient (Wildman–Crippen LogP) is 3.62. The summed E-state index contributed by atoms with van der Waals surface area (Å²) in [6.07, 6.45) is -0.774. The minimum atomic E-state index is -1.05. The smallest absolute Gasteiger partial charge is 0.408 e. The maximum atomic E-state index is 14.4. The second-order valence-electron chi connectivity index (χ2n) is 12.4. The third-order valence-corrected chi connectivity index (χ3v) is 8.01. The van der Waals surface area contributed by atoms with Crippen LogP contribution in [0.15, 0.2) is 54.6 Å². The van der Waals surface area contributed by atoms with E-state index >= 15 is 0 Å². The standard InChI is InChI=1S/C32H39N5O5/c1-20(2)42-30(41)35-26(31(3,4)5)28(39)36(6)25(16-21-12-8-7-9-13-21)27(38)37-19-32(17-22(37)18-33)23-14-10-11-15-24(23)34-29(32)40/h7-15,20,22,25-26H,16-17,19H2,1-6H3,(H,34,40)(H,35,41)/t22-,25-,26+,32-/m0/s1. The molecule has 4 atom stereocenters. The molecule has 2 aliphatic rings. The van der Waals surface area contributed by atoms with Crippen molar-refractivity contribution in [2.75, 3.05) is 18.9 Å². The van der Waals surface area contributed by atoms with Crippen LogP contribution in [0.2, 0.25) is 0 Å². The summed E-state index contributed by atoms with van der Waals surface area (Å²) in [5.74, 6) is -1.15. The first kappa shape index (κ1) is 30.6. The summed E-state index contributed by atoms with van der Waals surface area (Å²) in [5, 5.41) is 15.7. The Hall–Kier alpha value is -4.39. The number of likely N-dealkylation sites (N-methyl/N-ethyl adjacent to an activating group) is 1. The van der Waals surface area contributed by atoms with Crippen molar-refractivity contribution in [2.45, 2.75) is 77.1 Å². The van der Waals surface area contributed by atoms with Gasteiger partial charge in [-0.25, -0.2) is 4.79 Å². The van der Waals surface area contributed by atoms with Gasteiger partial charge in [-0.15, -0.1) is 0 Å². The number of benzene rings is 2. The Bertz CT molecular complexity index is 1400. The first-order valence-corrected chi connectivity index (χ1v) is 14.2. The Kier molecular flexibility index (Phi) is 8.62. The zero-order valence-corrected chi connectivity index (χ0v) is 25.0. The van der Waals surface area contributed by atoms with E-state index in [9.17, 15) is 24.4 Å². The summed E-state index contributed by atoms with van der Waals surface area (Å²) >= 11 is 0. The molecule has 2 aromatic rings. The fourth-order valence-corrected chi connectivity index (χ4v) is 5.78. The zero-order valence-electron chi connectivity index (χ0n) is 25.0. The molecule has 0 aliphatic carbocycles. The Morgan fingerprint density at radius 1 is 1.14 bits per heavy atom. The van der Waals surface area contributed by atoms with Crippen molar-refractivity contribution in [1.82, 2.24) is 15.1 Å². The topological polar surface area (TPSA) is 132 Å². The quantitative estimate of drug-likeness (QED) is 0.520. The molecule has 10 heteroatoms. The number of likely N-dealkylation sites (tertiary alicyclic amines) is 1. The highest BCUT2D eigenvalue weighted by Gasteiger charge is 2.57. The van der Waals surface area contributed by atoms with Gasteiger partial charge >= 0.3 is 6.09 Å². The van der Waals surface area contributed by atoms with Gasteiger partial charge in [-0.05, 0) is 36.5 Å². The van der Waals surface area contributed by atoms with Crippen molar-refractivity contribution in [3.8, 4) is 6.07 Å². The second-order valence-corrected chi connectivity index (χ2v) is 12.4. The van der Waals surface area contributed by atoms with Crippen LogP contribution in [0.4, 0.5) is 10.5 Å². The molecule has 4 amide bonds. The number of ether oxygens (including phenoxy) is 1. The Balaban J connectivity index is 1.68. The Labute approximate surface area is 247 Å². The van der Waals surface area contributed by atoms with Crippen LogP contribution < -0.4 is 10.6 Å². The molecular formula is C32H39N5O5. The first-order valence-electron chi connectivity index (χ1n) is 14.2. The molecule has 0 unspecified atom stereocenters. The molecule has 2 aromatic carbocycles. The van der Waals surface area contributed by atoms with E-state index in [2.05, 4.69) is 16.7 Å². The van der Waals surface area contributed by atoms with Gasteiger partial charge in [0.25, 0.3) is 0 Å². The van der Waals surface area contributed by atoms with E-state index in [1.807, 2.05) is 75.4 Å². The van der Waals surface area contributed by atoms with Gasteiger partial charge in [-0.2, -0.15) is 5.26 Å². The largest absolute Gasteiger partial charge is 0.447 e. The van der Waals surface area contributed by atoms with Crippen molar-refractivity contribution >= 4 is 29.5 Å². The van der Waals surface area contributed by atoms with Gasteiger partial charge in [0, 0.05) is 32.1 Å². The number of rotatable bonds is 7. The number of fused-ring (bicyclic) bond motifs is 2. The number of nitriles is 1. The molecule has 2 heterocycles. The normalized spacial score (nSPS) is 20.9. The number of hydrogen-bond donors (Lipinski definition) is 2. The van der Waals surface area contributed by atoms with E-state index in [-0.39, 0.29) is 31.4 Å². The molecule has 0 radical (unpaired) electrons. The minimum absolute atomic E-state index is 0.0158. The molecule has 222 valence electrons. The molecule has 0 bridgehead atoms. The lowest BCUT2D eigenvalue weighted by Gasteiger charge is -2.37. The monoisotopic (exact) mass is 573 g/mol. The number of nitrogens with zero attached hydrogens (tertiary/aromatic N) is 3. The molecule has 1 saturated heterocycles. The average Bonchev–Trinajstić information content (AvgIpc) is 3.46. The van der Waals surface area contributed by atoms with Crippen LogP contribution >= 0.6 is 0 Å². The Morgan fingerprint density at radius 2 is 1.79 bits per heavy atom. The molecule has 42 heavy (non-hydrogen) atoms. The van der Waals surface area contributed by atoms with Gasteiger partial charge in [0.15, 0.2) is 0 Å². The lowest BCUT2D eigenvalue weighted by atomic mass is 9.80. The van der Waals surface area contributed by atoms with Gasteiger partial charge in [0.05, 0.1) is 17.6 Å². The number of hydrogen-bond acceptors (Lipinski definition) is 6. The van der Waals surface area contributed by atoms with Crippen molar-refractivity contribution in [3.63, 3.8) is 0 Å². The highest BCUT2D eigenvalue weighted by Crippen LogP contribution is 2.46. The summed E-state index contributed by atoms with van der Waals surface area (Å²) in [5.41, 5.74) is 0.494. The van der Waals surface area contributed by atoms with Crippen LogP contribution in [0.1, 0.15) is 52.2 Å². The number of nitrogens with one attached hydrogen (secondary N) is 2. The van der Waals surface area contributed by atoms with Crippen molar-refractivity contribution in [2.24, 2.45) is 5.41 Å². The summed E-state index contributed by atoms with van der Waals surface area (Å²) < 4.78 is 5.24. The highest BCUT2D eigenvalue weighted by atomic mass is 16.6. The fraction of sp³-hybridized carbons (Fsp3) is 0.469. The minimum Gasteiger partial charge on any atom is -0.447 e. The number of carbonyl (C=O) groups excluding carboxylic acids is 4. The first-order chi connectivity index (χ1) is 19.8. The molecule has 0 aromatic heterocycles. The third kappa shape index (κ3) is 5.96. The molecule has 1 spiro atoms. The molecular weight excluding hydrogens is 534 g/mol. The molecule has 0 saturated carbocycles. The predicted molar refractivity (Wildman–Crippen MR) is 157 cm³/mol. The lowest BCUT2D eigenvalue weighted by molar-refractivity contribution is -0.147. The number of amides is 4. The van der Waals surface area contributed by atoms with Gasteiger partial charge in [-0.3, -0.25) is 14.4 Å². The number of carbonyl (C=O) groups is 4. The van der Waals surface area contributed by atoms with E-state index in [0.29, 0.717) is 5.69 Å². The Morgan fingerprint density at radius 3 is 2.40 bits per heavy atom. The van der Waals surface area contributed by atoms with Crippen LogP contribution in [0.25, 0.3) is 0 Å². The maximum absolute atomic E-state index is 14.4. The van der Waals surface area contributed by atoms with Gasteiger partial charge in [0.1, 0.15) is 18.1 Å². The number of alkyl carbamates (subject to hydrolysis) is 1. The summed E-state index contributed by atoms with van der Waals surface area (Å²) in [6, 6.07) is 16.0. The van der Waals surface area contributed by atoms with E-state index in [0.717, 1.165) is 11.1 Å². The second kappa shape index (κ2) is 11.8. The van der Waals surface area contributed by atoms with E-state index in [4.69, 9.17) is 4.74 Å². The van der Waals surface area contributed by atoms with Crippen LogP contribution in [-0.4, -0.2) is 71.4 Å². The van der Waals surface area contributed by atoms with E-state index < -0.39 is 46.9 Å².